The van der Waals surface area contributed by atoms with Gasteiger partial charge < -0.3 is 10.5 Å². The first kappa shape index (κ1) is 15.1. The Hall–Kier alpha value is -1.29. The number of ether oxygens (including phenoxy) is 1. The first-order chi connectivity index (χ1) is 9.61. The molecule has 2 N–H and O–H groups in total. The van der Waals surface area contributed by atoms with Crippen LogP contribution in [0.15, 0.2) is 42.7 Å². The minimum absolute atomic E-state index is 0.147. The molecule has 0 aliphatic carbocycles. The topological polar surface area (TPSA) is 48.1 Å². The summed E-state index contributed by atoms with van der Waals surface area (Å²) < 4.78 is 5.98. The summed E-state index contributed by atoms with van der Waals surface area (Å²) in [5, 5.41) is 1.04. The number of hydrogen-bond acceptors (Lipinski definition) is 3. The van der Waals surface area contributed by atoms with E-state index < -0.39 is 0 Å². The number of pyridine rings is 1. The van der Waals surface area contributed by atoms with Crippen LogP contribution in [0, 0.1) is 0 Å². The van der Waals surface area contributed by atoms with Gasteiger partial charge in [-0.15, -0.1) is 0 Å². The van der Waals surface area contributed by atoms with Crippen LogP contribution in [0.25, 0.3) is 0 Å². The Kier molecular flexibility index (Phi) is 5.24. The highest BCUT2D eigenvalue weighted by Crippen LogP contribution is 2.32. The lowest BCUT2D eigenvalue weighted by Gasteiger charge is -2.25. The van der Waals surface area contributed by atoms with Crippen LogP contribution in [0.2, 0.25) is 10.0 Å². The van der Waals surface area contributed by atoms with Crippen LogP contribution < -0.4 is 10.5 Å². The first-order valence-corrected chi connectivity index (χ1v) is 7.14. The third-order valence-electron chi connectivity index (χ3n) is 3.02. The zero-order valence-corrected chi connectivity index (χ0v) is 12.6. The predicted molar refractivity (Wildman–Crippen MR) is 82.3 cm³/mol. The van der Waals surface area contributed by atoms with E-state index in [-0.39, 0.29) is 12.1 Å². The van der Waals surface area contributed by atoms with Gasteiger partial charge in [0.15, 0.2) is 0 Å². The smallest absolute Gasteiger partial charge is 0.140 e. The molecule has 1 aromatic heterocycles. The van der Waals surface area contributed by atoms with Gasteiger partial charge in [0.05, 0.1) is 5.02 Å². The largest absolute Gasteiger partial charge is 0.482 e. The van der Waals surface area contributed by atoms with Gasteiger partial charge in [0, 0.05) is 29.0 Å². The van der Waals surface area contributed by atoms with Crippen molar-refractivity contribution in [1.82, 2.24) is 4.98 Å². The van der Waals surface area contributed by atoms with Crippen molar-refractivity contribution in [2.24, 2.45) is 5.73 Å². The number of hydrogen-bond donors (Lipinski definition) is 1. The van der Waals surface area contributed by atoms with E-state index >= 15 is 0 Å². The minimum Gasteiger partial charge on any atom is -0.482 e. The summed E-state index contributed by atoms with van der Waals surface area (Å²) in [6, 6.07) is 8.78. The molecule has 3 nitrogen and oxygen atoms in total. The monoisotopic (exact) mass is 310 g/mol. The number of nitrogens with zero attached hydrogens (tertiary/aromatic N) is 1. The SMILES string of the molecule is CCC(N)C(Oc1ccc(Cl)cc1Cl)c1cccnc1. The van der Waals surface area contributed by atoms with Crippen molar-refractivity contribution in [3.05, 3.63) is 58.3 Å². The fraction of sp³-hybridized carbons (Fsp3) is 0.267. The highest BCUT2D eigenvalue weighted by atomic mass is 35.5. The molecule has 2 atom stereocenters. The molecule has 5 heteroatoms. The molecule has 1 heterocycles. The van der Waals surface area contributed by atoms with Crippen LogP contribution in [0.5, 0.6) is 5.75 Å². The number of halogens is 2. The molecular formula is C15H16Cl2N2O. The highest BCUT2D eigenvalue weighted by molar-refractivity contribution is 6.35. The Morgan fingerprint density at radius 2 is 2.10 bits per heavy atom. The fourth-order valence-corrected chi connectivity index (χ4v) is 2.32. The maximum Gasteiger partial charge on any atom is 0.140 e. The molecule has 106 valence electrons. The van der Waals surface area contributed by atoms with Gasteiger partial charge in [-0.2, -0.15) is 0 Å². The molecule has 2 aromatic rings. The predicted octanol–water partition coefficient (Wildman–Crippen LogP) is 4.25. The van der Waals surface area contributed by atoms with Crippen LogP contribution in [0.4, 0.5) is 0 Å². The van der Waals surface area contributed by atoms with Gasteiger partial charge in [-0.05, 0) is 30.7 Å². The second kappa shape index (κ2) is 6.93. The standard InChI is InChI=1S/C15H16Cl2N2O/c1-2-13(18)15(10-4-3-7-19-9-10)20-14-6-5-11(16)8-12(14)17/h3-9,13,15H,2,18H2,1H3. The zero-order chi connectivity index (χ0) is 14.5. The van der Waals surface area contributed by atoms with E-state index in [0.29, 0.717) is 15.8 Å². The Balaban J connectivity index is 2.29. The van der Waals surface area contributed by atoms with Gasteiger partial charge in [-0.25, -0.2) is 0 Å². The van der Waals surface area contributed by atoms with Gasteiger partial charge in [0.25, 0.3) is 0 Å². The maximum atomic E-state index is 6.16. The molecule has 0 aliphatic heterocycles. The zero-order valence-electron chi connectivity index (χ0n) is 11.1. The van der Waals surface area contributed by atoms with Crippen molar-refractivity contribution < 1.29 is 4.74 Å². The Morgan fingerprint density at radius 3 is 2.70 bits per heavy atom. The quantitative estimate of drug-likeness (QED) is 0.898. The highest BCUT2D eigenvalue weighted by Gasteiger charge is 2.21. The van der Waals surface area contributed by atoms with Crippen LogP contribution in [0.3, 0.4) is 0 Å². The molecule has 2 unspecified atom stereocenters. The molecule has 0 spiro atoms. The molecular weight excluding hydrogens is 295 g/mol. The van der Waals surface area contributed by atoms with Crippen molar-refractivity contribution in [1.29, 1.82) is 0 Å². The van der Waals surface area contributed by atoms with E-state index in [2.05, 4.69) is 4.98 Å². The summed E-state index contributed by atoms with van der Waals surface area (Å²) in [4.78, 5) is 4.11. The summed E-state index contributed by atoms with van der Waals surface area (Å²) in [5.74, 6) is 0.564. The van der Waals surface area contributed by atoms with E-state index in [9.17, 15) is 0 Å². The Morgan fingerprint density at radius 1 is 1.30 bits per heavy atom. The molecule has 0 bridgehead atoms. The second-order valence-corrected chi connectivity index (χ2v) is 5.32. The number of nitrogens with two attached hydrogens (primary N) is 1. The summed E-state index contributed by atoms with van der Waals surface area (Å²) in [7, 11) is 0. The van der Waals surface area contributed by atoms with Gasteiger partial charge in [0.1, 0.15) is 11.9 Å². The van der Waals surface area contributed by atoms with Gasteiger partial charge in [-0.3, -0.25) is 4.98 Å². The van der Waals surface area contributed by atoms with Gasteiger partial charge in [-0.1, -0.05) is 36.2 Å². The number of rotatable bonds is 5. The van der Waals surface area contributed by atoms with E-state index in [4.69, 9.17) is 33.7 Å². The van der Waals surface area contributed by atoms with Crippen LogP contribution in [-0.4, -0.2) is 11.0 Å². The lowest BCUT2D eigenvalue weighted by Crippen LogP contribution is -2.31. The normalized spacial score (nSPS) is 13.8. The third kappa shape index (κ3) is 3.63. The molecule has 0 aliphatic rings. The summed E-state index contributed by atoms with van der Waals surface area (Å²) >= 11 is 12.0. The Bertz CT molecular complexity index is 563. The van der Waals surface area contributed by atoms with Crippen molar-refractivity contribution >= 4 is 23.2 Å². The summed E-state index contributed by atoms with van der Waals surface area (Å²) in [6.45, 7) is 2.01. The van der Waals surface area contributed by atoms with E-state index in [0.717, 1.165) is 12.0 Å². The van der Waals surface area contributed by atoms with Gasteiger partial charge in [0.2, 0.25) is 0 Å². The first-order valence-electron chi connectivity index (χ1n) is 6.39. The number of benzene rings is 1. The van der Waals surface area contributed by atoms with Crippen molar-refractivity contribution in [3.63, 3.8) is 0 Å². The maximum absolute atomic E-state index is 6.16. The van der Waals surface area contributed by atoms with Crippen LogP contribution in [0.1, 0.15) is 25.0 Å². The van der Waals surface area contributed by atoms with Gasteiger partial charge >= 0.3 is 0 Å². The van der Waals surface area contributed by atoms with Crippen molar-refractivity contribution in [2.45, 2.75) is 25.5 Å². The lowest BCUT2D eigenvalue weighted by atomic mass is 10.0. The lowest BCUT2D eigenvalue weighted by molar-refractivity contribution is 0.171. The average molecular weight is 311 g/mol. The van der Waals surface area contributed by atoms with Crippen molar-refractivity contribution in [2.75, 3.05) is 0 Å². The second-order valence-electron chi connectivity index (χ2n) is 4.47. The molecule has 0 radical (unpaired) electrons. The summed E-state index contributed by atoms with van der Waals surface area (Å²) in [6.07, 6.45) is 3.95. The number of aromatic nitrogens is 1. The average Bonchev–Trinajstić information content (AvgIpc) is 2.46. The molecule has 0 saturated carbocycles. The molecule has 2 rings (SSSR count). The van der Waals surface area contributed by atoms with E-state index in [1.54, 1.807) is 30.6 Å². The third-order valence-corrected chi connectivity index (χ3v) is 3.55. The Labute approximate surface area is 128 Å². The molecule has 1 aromatic carbocycles. The van der Waals surface area contributed by atoms with Crippen LogP contribution in [-0.2, 0) is 0 Å². The van der Waals surface area contributed by atoms with E-state index in [1.807, 2.05) is 19.1 Å². The molecule has 0 saturated heterocycles. The molecule has 20 heavy (non-hydrogen) atoms. The summed E-state index contributed by atoms with van der Waals surface area (Å²) in [5.41, 5.74) is 7.08. The fourth-order valence-electron chi connectivity index (χ4n) is 1.87. The molecule has 0 fully saturated rings. The van der Waals surface area contributed by atoms with Crippen molar-refractivity contribution in [3.8, 4) is 5.75 Å². The van der Waals surface area contributed by atoms with Crippen LogP contribution >= 0.6 is 23.2 Å². The minimum atomic E-state index is -0.299. The van der Waals surface area contributed by atoms with E-state index in [1.165, 1.54) is 0 Å². The molecule has 0 amide bonds.